The lowest BCUT2D eigenvalue weighted by Gasteiger charge is -2.32. The molecule has 0 bridgehead atoms. The average Bonchev–Trinajstić information content (AvgIpc) is 3.63. The fourth-order valence-corrected chi connectivity index (χ4v) is 4.80. The molecule has 6 aromatic rings. The van der Waals surface area contributed by atoms with Crippen LogP contribution in [0.15, 0.2) is 134 Å². The van der Waals surface area contributed by atoms with Crippen LogP contribution in [0.2, 0.25) is 0 Å². The Morgan fingerprint density at radius 1 is 0.429 bits per heavy atom. The molecule has 2 aromatic carbocycles. The molecule has 0 aliphatic carbocycles. The van der Waals surface area contributed by atoms with E-state index >= 15 is 0 Å². The van der Waals surface area contributed by atoms with Crippen LogP contribution >= 0.6 is 0 Å². The van der Waals surface area contributed by atoms with Crippen molar-refractivity contribution in [3.63, 3.8) is 0 Å². The van der Waals surface area contributed by atoms with E-state index in [1.165, 1.54) is 0 Å². The van der Waals surface area contributed by atoms with E-state index in [-0.39, 0.29) is 0 Å². The van der Waals surface area contributed by atoms with Crippen LogP contribution in [-0.4, -0.2) is 19.9 Å². The molecule has 0 unspecified atom stereocenters. The van der Waals surface area contributed by atoms with E-state index in [1.807, 2.05) is 48.8 Å². The van der Waals surface area contributed by atoms with Crippen LogP contribution in [0.3, 0.4) is 0 Å². The predicted octanol–water partition coefficient (Wildman–Crippen LogP) is 6.85. The molecule has 0 spiro atoms. The lowest BCUT2D eigenvalue weighted by molar-refractivity contribution is 0.651. The first-order valence-corrected chi connectivity index (χ1v) is 11.7. The third-order valence-electron chi connectivity index (χ3n) is 6.45. The number of hydrogen-bond acceptors (Lipinski definition) is 2. The molecule has 0 saturated carbocycles. The number of H-pyrrole nitrogens is 2. The van der Waals surface area contributed by atoms with Crippen LogP contribution in [0.25, 0.3) is 22.5 Å². The van der Waals surface area contributed by atoms with Crippen LogP contribution in [0.4, 0.5) is 0 Å². The molecule has 4 nitrogen and oxygen atoms in total. The SMILES string of the molecule is c1ccc(-c2ccc(C(c3ccccn3)(c3ccccn3)c3ccc(-c4ccccc4)[nH]3)[nH]2)cc1. The van der Waals surface area contributed by atoms with Gasteiger partial charge in [0.2, 0.25) is 0 Å². The number of benzene rings is 2. The van der Waals surface area contributed by atoms with Gasteiger partial charge in [-0.25, -0.2) is 0 Å². The van der Waals surface area contributed by atoms with Crippen LogP contribution in [0.1, 0.15) is 22.8 Å². The lowest BCUT2D eigenvalue weighted by Crippen LogP contribution is -2.34. The number of nitrogens with zero attached hydrogens (tertiary/aromatic N) is 2. The third kappa shape index (κ3) is 3.65. The fraction of sp³-hybridized carbons (Fsp3) is 0.0323. The molecule has 0 saturated heterocycles. The summed E-state index contributed by atoms with van der Waals surface area (Å²) in [6, 6.07) is 41.4. The van der Waals surface area contributed by atoms with Crippen molar-refractivity contribution < 1.29 is 0 Å². The Labute approximate surface area is 204 Å². The molecule has 0 aliphatic rings. The van der Waals surface area contributed by atoms with Crippen LogP contribution in [-0.2, 0) is 5.41 Å². The molecular formula is C31H24N4. The second-order valence-corrected chi connectivity index (χ2v) is 8.48. The van der Waals surface area contributed by atoms with Gasteiger partial charge in [0.05, 0.1) is 11.4 Å². The quantitative estimate of drug-likeness (QED) is 0.290. The van der Waals surface area contributed by atoms with E-state index in [4.69, 9.17) is 9.97 Å². The Kier molecular flexibility index (Phi) is 5.32. The summed E-state index contributed by atoms with van der Waals surface area (Å²) >= 11 is 0. The van der Waals surface area contributed by atoms with Crippen LogP contribution in [0.5, 0.6) is 0 Å². The van der Waals surface area contributed by atoms with Gasteiger partial charge in [-0.1, -0.05) is 72.8 Å². The van der Waals surface area contributed by atoms with Gasteiger partial charge < -0.3 is 9.97 Å². The van der Waals surface area contributed by atoms with Crippen molar-refractivity contribution in [2.45, 2.75) is 5.41 Å². The summed E-state index contributed by atoms with van der Waals surface area (Å²) in [5.41, 5.74) is 7.37. The molecule has 4 aromatic heterocycles. The Bertz CT molecular complexity index is 1400. The molecule has 0 aliphatic heterocycles. The maximum absolute atomic E-state index is 4.86. The molecule has 168 valence electrons. The summed E-state index contributed by atoms with van der Waals surface area (Å²) in [4.78, 5) is 17.2. The lowest BCUT2D eigenvalue weighted by atomic mass is 9.74. The van der Waals surface area contributed by atoms with Gasteiger partial charge in [-0.15, -0.1) is 0 Å². The van der Waals surface area contributed by atoms with E-state index in [9.17, 15) is 0 Å². The van der Waals surface area contributed by atoms with Crippen molar-refractivity contribution >= 4 is 0 Å². The Hall–Kier alpha value is -4.70. The van der Waals surface area contributed by atoms with Gasteiger partial charge in [0.1, 0.15) is 5.41 Å². The number of aromatic amines is 2. The van der Waals surface area contributed by atoms with Gasteiger partial charge in [0.15, 0.2) is 0 Å². The van der Waals surface area contributed by atoms with E-state index < -0.39 is 5.41 Å². The maximum atomic E-state index is 4.86. The van der Waals surface area contributed by atoms with Crippen molar-refractivity contribution in [2.75, 3.05) is 0 Å². The molecule has 2 N–H and O–H groups in total. The zero-order valence-corrected chi connectivity index (χ0v) is 19.1. The Balaban J connectivity index is 1.62. The zero-order valence-electron chi connectivity index (χ0n) is 19.1. The first-order valence-electron chi connectivity index (χ1n) is 11.7. The molecule has 0 amide bonds. The fourth-order valence-electron chi connectivity index (χ4n) is 4.80. The minimum Gasteiger partial charge on any atom is -0.357 e. The molecule has 35 heavy (non-hydrogen) atoms. The molecule has 0 radical (unpaired) electrons. The van der Waals surface area contributed by atoms with Gasteiger partial charge >= 0.3 is 0 Å². The number of aromatic nitrogens is 4. The van der Waals surface area contributed by atoms with Crippen molar-refractivity contribution in [1.29, 1.82) is 0 Å². The predicted molar refractivity (Wildman–Crippen MR) is 140 cm³/mol. The topological polar surface area (TPSA) is 57.4 Å². The highest BCUT2D eigenvalue weighted by molar-refractivity contribution is 5.65. The zero-order chi connectivity index (χ0) is 23.5. The normalized spacial score (nSPS) is 11.4. The van der Waals surface area contributed by atoms with E-state index in [0.717, 1.165) is 45.3 Å². The minimum absolute atomic E-state index is 0.761. The van der Waals surface area contributed by atoms with E-state index in [2.05, 4.69) is 94.9 Å². The minimum atomic E-state index is -0.761. The van der Waals surface area contributed by atoms with Crippen molar-refractivity contribution in [3.05, 3.63) is 156 Å². The highest BCUT2D eigenvalue weighted by Gasteiger charge is 2.43. The van der Waals surface area contributed by atoms with E-state index in [1.54, 1.807) is 0 Å². The highest BCUT2D eigenvalue weighted by Crippen LogP contribution is 2.43. The molecular weight excluding hydrogens is 428 g/mol. The summed E-state index contributed by atoms with van der Waals surface area (Å²) < 4.78 is 0. The Morgan fingerprint density at radius 2 is 0.857 bits per heavy atom. The monoisotopic (exact) mass is 452 g/mol. The number of nitrogens with one attached hydrogen (secondary N) is 2. The van der Waals surface area contributed by atoms with Crippen molar-refractivity contribution in [2.24, 2.45) is 0 Å². The van der Waals surface area contributed by atoms with Gasteiger partial charge in [0, 0.05) is 35.2 Å². The smallest absolute Gasteiger partial charge is 0.134 e. The van der Waals surface area contributed by atoms with Crippen LogP contribution < -0.4 is 0 Å². The first-order chi connectivity index (χ1) is 17.4. The standard InChI is InChI=1S/C31H24N4/c1-3-11-23(12-4-1)25-17-19-29(34-25)31(27-15-7-9-21-32-27,28-16-8-10-22-33-28)30-20-18-26(35-30)24-13-5-2-6-14-24/h1-22,34-35H. The average molecular weight is 453 g/mol. The van der Waals surface area contributed by atoms with Crippen molar-refractivity contribution in [3.8, 4) is 22.5 Å². The van der Waals surface area contributed by atoms with Gasteiger partial charge in [-0.2, -0.15) is 0 Å². The van der Waals surface area contributed by atoms with Gasteiger partial charge in [-0.3, -0.25) is 9.97 Å². The summed E-state index contributed by atoms with van der Waals surface area (Å²) in [5.74, 6) is 0. The second-order valence-electron chi connectivity index (χ2n) is 8.48. The molecule has 4 heterocycles. The summed E-state index contributed by atoms with van der Waals surface area (Å²) in [6.07, 6.45) is 3.68. The molecule has 0 fully saturated rings. The number of hydrogen-bond donors (Lipinski definition) is 2. The number of pyridine rings is 2. The van der Waals surface area contributed by atoms with Crippen molar-refractivity contribution in [1.82, 2.24) is 19.9 Å². The highest BCUT2D eigenvalue weighted by atomic mass is 14.9. The maximum Gasteiger partial charge on any atom is 0.134 e. The van der Waals surface area contributed by atoms with Gasteiger partial charge in [0.25, 0.3) is 0 Å². The van der Waals surface area contributed by atoms with Gasteiger partial charge in [-0.05, 0) is 59.7 Å². The van der Waals surface area contributed by atoms with Crippen LogP contribution in [0, 0.1) is 0 Å². The second kappa shape index (κ2) is 8.92. The largest absolute Gasteiger partial charge is 0.357 e. The summed E-state index contributed by atoms with van der Waals surface area (Å²) in [5, 5.41) is 0. The molecule has 0 atom stereocenters. The summed E-state index contributed by atoms with van der Waals surface area (Å²) in [6.45, 7) is 0. The third-order valence-corrected chi connectivity index (χ3v) is 6.45. The summed E-state index contributed by atoms with van der Waals surface area (Å²) in [7, 11) is 0. The van der Waals surface area contributed by atoms with E-state index in [0.29, 0.717) is 0 Å². The molecule has 6 rings (SSSR count). The first kappa shape index (κ1) is 20.9. The molecule has 4 heteroatoms. The Morgan fingerprint density at radius 3 is 1.26 bits per heavy atom. The number of rotatable bonds is 6.